The molecule has 1 aliphatic rings. The largest absolute Gasteiger partial charge is 0.320 e. The minimum absolute atomic E-state index is 0.0444. The van der Waals surface area contributed by atoms with Gasteiger partial charge in [0.2, 0.25) is 0 Å². The van der Waals surface area contributed by atoms with Crippen molar-refractivity contribution in [3.05, 3.63) is 41.2 Å². The van der Waals surface area contributed by atoms with Crippen molar-refractivity contribution in [3.8, 4) is 0 Å². The van der Waals surface area contributed by atoms with Crippen LogP contribution in [0.4, 0.5) is 0 Å². The Morgan fingerprint density at radius 3 is 2.78 bits per heavy atom. The van der Waals surface area contributed by atoms with E-state index >= 15 is 0 Å². The first-order valence-corrected chi connectivity index (χ1v) is 6.46. The molecule has 1 fully saturated rings. The molecule has 4 nitrogen and oxygen atoms in total. The number of nitrogens with zero attached hydrogens (tertiary/aromatic N) is 4. The lowest BCUT2D eigenvalue weighted by atomic mass is 9.59. The van der Waals surface area contributed by atoms with Crippen LogP contribution in [0.15, 0.2) is 24.7 Å². The summed E-state index contributed by atoms with van der Waals surface area (Å²) in [6, 6.07) is 3.98. The monoisotopic (exact) mass is 262 g/mol. The third-order valence-electron chi connectivity index (χ3n) is 3.81. The van der Waals surface area contributed by atoms with Crippen LogP contribution in [0, 0.1) is 5.92 Å². The van der Waals surface area contributed by atoms with Crippen LogP contribution < -0.4 is 0 Å². The van der Waals surface area contributed by atoms with Crippen molar-refractivity contribution < 1.29 is 0 Å². The summed E-state index contributed by atoms with van der Waals surface area (Å²) >= 11 is 6.02. The van der Waals surface area contributed by atoms with Gasteiger partial charge in [-0.2, -0.15) is 0 Å². The number of aryl methyl sites for hydroxylation is 1. The van der Waals surface area contributed by atoms with E-state index in [1.807, 2.05) is 23.7 Å². The van der Waals surface area contributed by atoms with Gasteiger partial charge in [-0.3, -0.25) is 0 Å². The van der Waals surface area contributed by atoms with E-state index in [4.69, 9.17) is 11.6 Å². The molecule has 0 bridgehead atoms. The van der Waals surface area contributed by atoms with Gasteiger partial charge in [-0.05, 0) is 36.5 Å². The van der Waals surface area contributed by atoms with Crippen LogP contribution in [0.2, 0.25) is 5.15 Å². The Hall–Kier alpha value is -1.42. The zero-order valence-electron chi connectivity index (χ0n) is 10.5. The molecular weight excluding hydrogens is 248 g/mol. The van der Waals surface area contributed by atoms with Crippen molar-refractivity contribution in [2.24, 2.45) is 13.0 Å². The van der Waals surface area contributed by atoms with E-state index in [-0.39, 0.29) is 5.41 Å². The molecule has 0 saturated heterocycles. The molecule has 3 rings (SSSR count). The van der Waals surface area contributed by atoms with Gasteiger partial charge >= 0.3 is 0 Å². The summed E-state index contributed by atoms with van der Waals surface area (Å²) in [5.74, 6) is 1.72. The summed E-state index contributed by atoms with van der Waals surface area (Å²) in [5, 5.41) is 8.84. The molecule has 94 valence electrons. The number of hydrogen-bond acceptors (Lipinski definition) is 3. The topological polar surface area (TPSA) is 43.6 Å². The third kappa shape index (κ3) is 1.63. The van der Waals surface area contributed by atoms with Crippen LogP contribution in [0.3, 0.4) is 0 Å². The number of rotatable bonds is 2. The number of halogens is 1. The molecule has 2 heterocycles. The second-order valence-corrected chi connectivity index (χ2v) is 5.62. The average Bonchev–Trinajstić information content (AvgIpc) is 2.71. The molecule has 0 N–H and O–H groups in total. The zero-order valence-corrected chi connectivity index (χ0v) is 11.2. The maximum absolute atomic E-state index is 6.02. The highest BCUT2D eigenvalue weighted by atomic mass is 35.5. The van der Waals surface area contributed by atoms with E-state index in [1.54, 1.807) is 12.5 Å². The van der Waals surface area contributed by atoms with Gasteiger partial charge in [0.25, 0.3) is 0 Å². The molecule has 2 aromatic heterocycles. The van der Waals surface area contributed by atoms with Crippen LogP contribution in [-0.2, 0) is 12.5 Å². The van der Waals surface area contributed by atoms with E-state index in [2.05, 4.69) is 22.1 Å². The maximum Gasteiger partial charge on any atom is 0.143 e. The molecule has 0 atom stereocenters. The summed E-state index contributed by atoms with van der Waals surface area (Å²) in [5.41, 5.74) is 1.15. The second-order valence-electron chi connectivity index (χ2n) is 5.23. The predicted molar refractivity (Wildman–Crippen MR) is 69.4 cm³/mol. The van der Waals surface area contributed by atoms with E-state index in [0.717, 1.165) is 18.7 Å². The summed E-state index contributed by atoms with van der Waals surface area (Å²) in [6.45, 7) is 2.26. The van der Waals surface area contributed by atoms with Gasteiger partial charge in [0.15, 0.2) is 0 Å². The molecule has 0 spiro atoms. The van der Waals surface area contributed by atoms with Crippen molar-refractivity contribution in [2.75, 3.05) is 0 Å². The van der Waals surface area contributed by atoms with Gasteiger partial charge in [-0.25, -0.2) is 4.98 Å². The first-order chi connectivity index (χ1) is 8.62. The fraction of sp³-hybridized carbons (Fsp3) is 0.462. The first kappa shape index (κ1) is 11.7. The van der Waals surface area contributed by atoms with Gasteiger partial charge in [0, 0.05) is 13.2 Å². The maximum atomic E-state index is 6.02. The highest BCUT2D eigenvalue weighted by Gasteiger charge is 2.48. The lowest BCUT2D eigenvalue weighted by molar-refractivity contribution is 0.185. The fourth-order valence-electron chi connectivity index (χ4n) is 3.09. The first-order valence-electron chi connectivity index (χ1n) is 6.08. The summed E-state index contributed by atoms with van der Waals surface area (Å²) in [6.07, 6.45) is 5.68. The Labute approximate surface area is 111 Å². The molecule has 0 amide bonds. The van der Waals surface area contributed by atoms with Crippen molar-refractivity contribution >= 4 is 11.6 Å². The Morgan fingerprint density at radius 1 is 1.44 bits per heavy atom. The van der Waals surface area contributed by atoms with Gasteiger partial charge < -0.3 is 4.57 Å². The van der Waals surface area contributed by atoms with Crippen LogP contribution >= 0.6 is 11.6 Å². The molecule has 1 saturated carbocycles. The van der Waals surface area contributed by atoms with Crippen molar-refractivity contribution in [1.82, 2.24) is 19.7 Å². The Morgan fingerprint density at radius 2 is 2.22 bits per heavy atom. The van der Waals surface area contributed by atoms with Gasteiger partial charge in [-0.15, -0.1) is 10.2 Å². The lowest BCUT2D eigenvalue weighted by Gasteiger charge is -2.45. The van der Waals surface area contributed by atoms with Crippen molar-refractivity contribution in [2.45, 2.75) is 25.2 Å². The molecule has 2 aromatic rings. The normalized spacial score (nSPS) is 26.9. The predicted octanol–water partition coefficient (Wildman–Crippen LogP) is 2.58. The molecule has 18 heavy (non-hydrogen) atoms. The van der Waals surface area contributed by atoms with E-state index in [1.165, 1.54) is 5.56 Å². The van der Waals surface area contributed by atoms with Gasteiger partial charge in [0.05, 0.1) is 5.41 Å². The van der Waals surface area contributed by atoms with Gasteiger partial charge in [0.1, 0.15) is 17.3 Å². The number of hydrogen-bond donors (Lipinski definition) is 0. The molecular formula is C13H15ClN4. The minimum atomic E-state index is -0.0444. The van der Waals surface area contributed by atoms with Crippen LogP contribution in [-0.4, -0.2) is 19.7 Å². The van der Waals surface area contributed by atoms with Crippen LogP contribution in [0.25, 0.3) is 0 Å². The Balaban J connectivity index is 2.11. The quantitative estimate of drug-likeness (QED) is 0.782. The summed E-state index contributed by atoms with van der Waals surface area (Å²) in [4.78, 5) is 4.06. The standard InChI is InChI=1S/C13H15ClN4/c1-9-6-13(7-9,12-17-16-8-18(12)2)10-3-4-15-11(14)5-10/h3-5,8-9H,6-7H2,1-2H3. The SMILES string of the molecule is CC1CC(c2ccnc(Cl)c2)(c2nncn2C)C1. The molecule has 0 radical (unpaired) electrons. The van der Waals surface area contributed by atoms with Crippen molar-refractivity contribution in [1.29, 1.82) is 0 Å². The third-order valence-corrected chi connectivity index (χ3v) is 4.02. The van der Waals surface area contributed by atoms with Crippen LogP contribution in [0.5, 0.6) is 0 Å². The van der Waals surface area contributed by atoms with E-state index in [0.29, 0.717) is 11.1 Å². The number of pyridine rings is 1. The zero-order chi connectivity index (χ0) is 12.8. The minimum Gasteiger partial charge on any atom is -0.320 e. The molecule has 5 heteroatoms. The van der Waals surface area contributed by atoms with Crippen molar-refractivity contribution in [3.63, 3.8) is 0 Å². The fourth-order valence-corrected chi connectivity index (χ4v) is 3.27. The van der Waals surface area contributed by atoms with E-state index < -0.39 is 0 Å². The lowest BCUT2D eigenvalue weighted by Crippen LogP contribution is -2.43. The Kier molecular flexibility index (Phi) is 2.63. The molecule has 1 aliphatic carbocycles. The number of aromatic nitrogens is 4. The molecule has 0 unspecified atom stereocenters. The summed E-state index contributed by atoms with van der Waals surface area (Å²) < 4.78 is 2.00. The smallest absolute Gasteiger partial charge is 0.143 e. The van der Waals surface area contributed by atoms with E-state index in [9.17, 15) is 0 Å². The highest BCUT2D eigenvalue weighted by Crippen LogP contribution is 2.51. The van der Waals surface area contributed by atoms with Gasteiger partial charge in [-0.1, -0.05) is 18.5 Å². The summed E-state index contributed by atoms with van der Waals surface area (Å²) in [7, 11) is 1.99. The molecule has 0 aromatic carbocycles. The van der Waals surface area contributed by atoms with Crippen LogP contribution in [0.1, 0.15) is 31.2 Å². The average molecular weight is 263 g/mol. The second kappa shape index (κ2) is 4.05. The highest BCUT2D eigenvalue weighted by molar-refractivity contribution is 6.29. The Bertz CT molecular complexity index is 572. The molecule has 0 aliphatic heterocycles.